The number of esters is 3. The minimum atomic E-state index is -0.826. The summed E-state index contributed by atoms with van der Waals surface area (Å²) < 4.78 is 16.9. The molecule has 0 aliphatic heterocycles. The molecule has 0 N–H and O–H groups in total. The average Bonchev–Trinajstić information content (AvgIpc) is 3.47. The van der Waals surface area contributed by atoms with E-state index in [9.17, 15) is 14.4 Å². The SMILES string of the molecule is CC/C=C\C/C=C\C/C=C\C/C=C\C/C=C\C/C=C\CCCCCCCCCCC(=O)OCC(COC(=O)C/C=C\C/C=C\C/C=C\C/C=C\C/C=C\CC)OC(=O)CCCCCCCCCCCCCCCCCCCCCCCC. The number of rotatable bonds is 61. The fraction of sp³-hybridized carbons (Fsp3) is 0.671. The lowest BCUT2D eigenvalue weighted by molar-refractivity contribution is -0.166. The van der Waals surface area contributed by atoms with E-state index in [0.29, 0.717) is 12.8 Å². The lowest BCUT2D eigenvalue weighted by Gasteiger charge is -2.18. The molecule has 0 aromatic rings. The van der Waals surface area contributed by atoms with Gasteiger partial charge in [-0.2, -0.15) is 0 Å². The van der Waals surface area contributed by atoms with E-state index in [1.54, 1.807) is 6.08 Å². The second-order valence-corrected chi connectivity index (χ2v) is 22.3. The number of hydrogen-bond acceptors (Lipinski definition) is 6. The van der Waals surface area contributed by atoms with E-state index in [2.05, 4.69) is 142 Å². The molecule has 0 aliphatic carbocycles. The number of allylic oxidation sites excluding steroid dienone is 21. The Kier molecular flexibility index (Phi) is 65.3. The molecule has 0 saturated carbocycles. The predicted molar refractivity (Wildman–Crippen MR) is 357 cm³/mol. The van der Waals surface area contributed by atoms with Gasteiger partial charge in [-0.15, -0.1) is 0 Å². The van der Waals surface area contributed by atoms with Gasteiger partial charge in [0, 0.05) is 12.8 Å². The highest BCUT2D eigenvalue weighted by molar-refractivity contribution is 5.72. The molecule has 0 radical (unpaired) electrons. The third kappa shape index (κ3) is 66.4. The van der Waals surface area contributed by atoms with Crippen molar-refractivity contribution in [3.05, 3.63) is 134 Å². The first-order valence-electron chi connectivity index (χ1n) is 34.2. The normalized spacial score (nSPS) is 13.0. The first-order chi connectivity index (χ1) is 40.5. The maximum atomic E-state index is 12.9. The molecule has 0 heterocycles. The zero-order valence-corrected chi connectivity index (χ0v) is 53.5. The highest BCUT2D eigenvalue weighted by Crippen LogP contribution is 2.17. The Morgan fingerprint density at radius 1 is 0.268 bits per heavy atom. The lowest BCUT2D eigenvalue weighted by Crippen LogP contribution is -2.30. The highest BCUT2D eigenvalue weighted by Gasteiger charge is 2.19. The van der Waals surface area contributed by atoms with Crippen molar-refractivity contribution in [3.8, 4) is 0 Å². The lowest BCUT2D eigenvalue weighted by atomic mass is 10.0. The molecule has 0 aromatic heterocycles. The van der Waals surface area contributed by atoms with E-state index in [0.717, 1.165) is 116 Å². The van der Waals surface area contributed by atoms with Gasteiger partial charge >= 0.3 is 17.9 Å². The van der Waals surface area contributed by atoms with Crippen molar-refractivity contribution in [1.82, 2.24) is 0 Å². The molecule has 0 fully saturated rings. The fourth-order valence-corrected chi connectivity index (χ4v) is 9.40. The van der Waals surface area contributed by atoms with Crippen molar-refractivity contribution in [1.29, 1.82) is 0 Å². The molecule has 6 heteroatoms. The topological polar surface area (TPSA) is 78.9 Å². The third-order valence-electron chi connectivity index (χ3n) is 14.4. The van der Waals surface area contributed by atoms with Crippen molar-refractivity contribution in [3.63, 3.8) is 0 Å². The number of hydrogen-bond donors (Lipinski definition) is 0. The van der Waals surface area contributed by atoms with Crippen molar-refractivity contribution in [2.75, 3.05) is 13.2 Å². The van der Waals surface area contributed by atoms with Crippen LogP contribution in [-0.4, -0.2) is 37.2 Å². The third-order valence-corrected chi connectivity index (χ3v) is 14.4. The van der Waals surface area contributed by atoms with Crippen LogP contribution in [0.25, 0.3) is 0 Å². The van der Waals surface area contributed by atoms with Crippen LogP contribution in [0.15, 0.2) is 134 Å². The summed E-state index contributed by atoms with van der Waals surface area (Å²) in [6.45, 7) is 6.35. The van der Waals surface area contributed by atoms with Gasteiger partial charge in [-0.25, -0.2) is 0 Å². The van der Waals surface area contributed by atoms with Crippen LogP contribution in [0.2, 0.25) is 0 Å². The summed E-state index contributed by atoms with van der Waals surface area (Å²) in [5.74, 6) is -1.05. The van der Waals surface area contributed by atoms with E-state index in [1.165, 1.54) is 154 Å². The summed E-state index contributed by atoms with van der Waals surface area (Å²) in [5.41, 5.74) is 0. The van der Waals surface area contributed by atoms with Crippen LogP contribution in [0, 0.1) is 0 Å². The molecule has 1 atom stereocenters. The Hall–Kier alpha value is -4.45. The molecular formula is C76H126O6. The Labute approximate surface area is 506 Å². The fourth-order valence-electron chi connectivity index (χ4n) is 9.40. The van der Waals surface area contributed by atoms with Crippen molar-refractivity contribution < 1.29 is 28.6 Å². The zero-order valence-electron chi connectivity index (χ0n) is 53.5. The number of carbonyl (C=O) groups excluding carboxylic acids is 3. The minimum absolute atomic E-state index is 0.114. The minimum Gasteiger partial charge on any atom is -0.462 e. The molecule has 0 bridgehead atoms. The first kappa shape index (κ1) is 77.5. The molecule has 466 valence electrons. The summed E-state index contributed by atoms with van der Waals surface area (Å²) in [6.07, 6.45) is 97.8. The van der Waals surface area contributed by atoms with Crippen LogP contribution < -0.4 is 0 Å². The highest BCUT2D eigenvalue weighted by atomic mass is 16.6. The van der Waals surface area contributed by atoms with Gasteiger partial charge in [0.2, 0.25) is 0 Å². The molecule has 0 aliphatic rings. The molecule has 0 rings (SSSR count). The van der Waals surface area contributed by atoms with Gasteiger partial charge in [0.05, 0.1) is 6.42 Å². The van der Waals surface area contributed by atoms with Gasteiger partial charge in [0.25, 0.3) is 0 Å². The van der Waals surface area contributed by atoms with Crippen LogP contribution in [0.1, 0.15) is 310 Å². The van der Waals surface area contributed by atoms with Crippen LogP contribution in [-0.2, 0) is 28.6 Å². The largest absolute Gasteiger partial charge is 0.462 e. The molecule has 1 unspecified atom stereocenters. The van der Waals surface area contributed by atoms with Crippen molar-refractivity contribution in [2.24, 2.45) is 0 Å². The van der Waals surface area contributed by atoms with Crippen molar-refractivity contribution >= 4 is 17.9 Å². The number of carbonyl (C=O) groups is 3. The first-order valence-corrected chi connectivity index (χ1v) is 34.2. The monoisotopic (exact) mass is 1130 g/mol. The summed E-state index contributed by atoms with van der Waals surface area (Å²) in [4.78, 5) is 38.3. The summed E-state index contributed by atoms with van der Waals surface area (Å²) in [7, 11) is 0. The Morgan fingerprint density at radius 3 is 0.854 bits per heavy atom. The van der Waals surface area contributed by atoms with Crippen LogP contribution in [0.5, 0.6) is 0 Å². The van der Waals surface area contributed by atoms with Gasteiger partial charge in [-0.05, 0) is 96.3 Å². The standard InChI is InChI=1S/C76H126O6/c1-4-7-10-13-16-19-22-25-28-30-32-34-36-37-38-39-40-42-43-45-48-51-54-57-60-63-66-69-75(78)81-72-73(71-80-74(77)68-65-62-59-56-53-50-47-27-24-21-18-15-12-9-6-3)82-76(79)70-67-64-61-58-55-52-49-46-44-41-35-33-31-29-26-23-20-17-14-11-8-5-2/h7,9-10,12,16,18-19,21,25,27-28,32,34,37-38,40,42,47,53,56,62,65,73H,4-6,8,11,13-15,17,20,22-24,26,29-31,33,35-36,39,41,43-46,48-52,54-55,57-61,63-64,66-72H2,1-3H3/b10-7-,12-9-,19-16-,21-18-,28-25-,34-32-,38-37-,42-40-,47-27-,56-53-,65-62-. The molecule has 82 heavy (non-hydrogen) atoms. The smallest absolute Gasteiger partial charge is 0.309 e. The molecular weight excluding hydrogens is 1010 g/mol. The second kappa shape index (κ2) is 69.0. The summed E-state index contributed by atoms with van der Waals surface area (Å²) in [5, 5.41) is 0. The molecule has 0 aromatic carbocycles. The predicted octanol–water partition coefficient (Wildman–Crippen LogP) is 23.7. The van der Waals surface area contributed by atoms with Gasteiger partial charge in [0.1, 0.15) is 13.2 Å². The molecule has 0 saturated heterocycles. The van der Waals surface area contributed by atoms with E-state index < -0.39 is 12.1 Å². The van der Waals surface area contributed by atoms with E-state index in [4.69, 9.17) is 14.2 Å². The van der Waals surface area contributed by atoms with Gasteiger partial charge in [-0.3, -0.25) is 14.4 Å². The number of unbranched alkanes of at least 4 members (excludes halogenated alkanes) is 29. The quantitative estimate of drug-likeness (QED) is 0.0261. The molecule has 0 amide bonds. The Morgan fingerprint density at radius 2 is 0.524 bits per heavy atom. The van der Waals surface area contributed by atoms with Crippen LogP contribution >= 0.6 is 0 Å². The van der Waals surface area contributed by atoms with Gasteiger partial charge in [0.15, 0.2) is 6.10 Å². The van der Waals surface area contributed by atoms with Gasteiger partial charge < -0.3 is 14.2 Å². The zero-order chi connectivity index (χ0) is 59.2. The van der Waals surface area contributed by atoms with Gasteiger partial charge in [-0.1, -0.05) is 328 Å². The second-order valence-electron chi connectivity index (χ2n) is 22.3. The van der Waals surface area contributed by atoms with E-state index >= 15 is 0 Å². The maximum Gasteiger partial charge on any atom is 0.309 e. The average molecular weight is 1140 g/mol. The molecule has 6 nitrogen and oxygen atoms in total. The maximum absolute atomic E-state index is 12.9. The van der Waals surface area contributed by atoms with Crippen LogP contribution in [0.4, 0.5) is 0 Å². The summed E-state index contributed by atoms with van der Waals surface area (Å²) in [6, 6.07) is 0. The van der Waals surface area contributed by atoms with Crippen molar-refractivity contribution in [2.45, 2.75) is 316 Å². The van der Waals surface area contributed by atoms with E-state index in [1.807, 2.05) is 6.08 Å². The molecule has 0 spiro atoms. The Balaban J connectivity index is 4.41. The van der Waals surface area contributed by atoms with E-state index in [-0.39, 0.29) is 31.6 Å². The number of ether oxygens (including phenoxy) is 3. The summed E-state index contributed by atoms with van der Waals surface area (Å²) >= 11 is 0. The Bertz CT molecular complexity index is 1730. The van der Waals surface area contributed by atoms with Crippen LogP contribution in [0.3, 0.4) is 0 Å².